The molecule has 0 radical (unpaired) electrons. The quantitative estimate of drug-likeness (QED) is 0.228. The van der Waals surface area contributed by atoms with Gasteiger partial charge in [-0.3, -0.25) is 23.9 Å². The van der Waals surface area contributed by atoms with Gasteiger partial charge in [-0.05, 0) is 78.1 Å². The third kappa shape index (κ3) is 7.48. The average Bonchev–Trinajstić information content (AvgIpc) is 3.04. The predicted octanol–water partition coefficient (Wildman–Crippen LogP) is 6.27. The van der Waals surface area contributed by atoms with Crippen molar-refractivity contribution < 1.29 is 50.2 Å². The van der Waals surface area contributed by atoms with Gasteiger partial charge in [-0.1, -0.05) is 6.07 Å². The summed E-state index contributed by atoms with van der Waals surface area (Å²) in [6, 6.07) is 6.17. The smallest absolute Gasteiger partial charge is 0.416 e. The highest BCUT2D eigenvalue weighted by Gasteiger charge is 2.37. The lowest BCUT2D eigenvalue weighted by atomic mass is 9.93. The van der Waals surface area contributed by atoms with E-state index in [9.17, 15) is 41.4 Å². The van der Waals surface area contributed by atoms with E-state index in [2.05, 4.69) is 5.32 Å². The van der Waals surface area contributed by atoms with Crippen LogP contribution in [0.1, 0.15) is 51.9 Å². The highest BCUT2D eigenvalue weighted by molar-refractivity contribution is 5.85. The Bertz CT molecular complexity index is 2080. The van der Waals surface area contributed by atoms with Crippen molar-refractivity contribution in [2.24, 2.45) is 0 Å². The van der Waals surface area contributed by atoms with Crippen molar-refractivity contribution in [1.29, 1.82) is 0 Å². The summed E-state index contributed by atoms with van der Waals surface area (Å²) in [5, 5.41) is 12.2. The largest absolute Gasteiger partial charge is 0.488 e. The standard InChI is InChI=1S/C36H30F7N3O5/c1-18-8-21-10-26(33(18)40)29(13-32(48)49)44-35(50)34(25-9-19(2-4-28(25)39)17-51-30-5-3-22(37)11-24(21)30)46-14-20(6-7-45-15-23(38)16-45)27(12-31(46)47)36(41,42)43/h2-5,8-12,14,23,29,34H,6-7,13,15-17H2,1H3,(H,44,50)(H,48,49)/t29-,34-/m0/s1. The zero-order valence-electron chi connectivity index (χ0n) is 26.9. The summed E-state index contributed by atoms with van der Waals surface area (Å²) in [4.78, 5) is 41.3. The Morgan fingerprint density at radius 2 is 1.75 bits per heavy atom. The van der Waals surface area contributed by atoms with Gasteiger partial charge >= 0.3 is 12.1 Å². The lowest BCUT2D eigenvalue weighted by Gasteiger charge is -2.34. The molecule has 0 unspecified atom stereocenters. The Morgan fingerprint density at radius 3 is 2.43 bits per heavy atom. The molecule has 0 spiro atoms. The summed E-state index contributed by atoms with van der Waals surface area (Å²) in [5.74, 6) is -5.23. The number of halogens is 7. The highest BCUT2D eigenvalue weighted by Crippen LogP contribution is 2.37. The second-order valence-corrected chi connectivity index (χ2v) is 12.6. The van der Waals surface area contributed by atoms with Crippen LogP contribution < -0.4 is 15.6 Å². The van der Waals surface area contributed by atoms with E-state index < -0.39 is 82.4 Å². The van der Waals surface area contributed by atoms with Crippen molar-refractivity contribution in [2.75, 3.05) is 19.6 Å². The minimum Gasteiger partial charge on any atom is -0.488 e. The van der Waals surface area contributed by atoms with Gasteiger partial charge in [-0.15, -0.1) is 0 Å². The van der Waals surface area contributed by atoms with Crippen molar-refractivity contribution in [1.82, 2.24) is 14.8 Å². The zero-order valence-corrected chi connectivity index (χ0v) is 26.9. The van der Waals surface area contributed by atoms with E-state index in [4.69, 9.17) is 4.74 Å². The molecule has 4 aromatic rings. The molecule has 3 heterocycles. The number of nitrogens with one attached hydrogen (secondary N) is 1. The van der Waals surface area contributed by atoms with Gasteiger partial charge in [0.05, 0.1) is 18.0 Å². The maximum absolute atomic E-state index is 15.8. The summed E-state index contributed by atoms with van der Waals surface area (Å²) in [6.45, 7) is 1.08. The van der Waals surface area contributed by atoms with E-state index in [1.807, 2.05) is 0 Å². The van der Waals surface area contributed by atoms with Gasteiger partial charge < -0.3 is 15.2 Å². The molecule has 0 saturated carbocycles. The van der Waals surface area contributed by atoms with Crippen LogP contribution in [0.4, 0.5) is 30.7 Å². The summed E-state index contributed by atoms with van der Waals surface area (Å²) in [7, 11) is 0. The van der Waals surface area contributed by atoms with Gasteiger partial charge in [0.2, 0.25) is 5.91 Å². The fraction of sp³-hybridized carbons (Fsp3) is 0.306. The summed E-state index contributed by atoms with van der Waals surface area (Å²) in [6.07, 6.45) is -6.56. The molecule has 15 heteroatoms. The molecule has 2 aliphatic heterocycles. The highest BCUT2D eigenvalue weighted by atomic mass is 19.4. The fourth-order valence-electron chi connectivity index (χ4n) is 6.42. The van der Waals surface area contributed by atoms with Gasteiger partial charge in [0.25, 0.3) is 5.56 Å². The number of carboxylic acid groups (broad SMARTS) is 1. The second kappa shape index (κ2) is 13.9. The Balaban J connectivity index is 1.55. The Morgan fingerprint density at radius 1 is 1.00 bits per heavy atom. The van der Waals surface area contributed by atoms with Crippen molar-refractivity contribution in [3.8, 4) is 16.9 Å². The summed E-state index contributed by atoms with van der Waals surface area (Å²) >= 11 is 0. The molecule has 4 bridgehead atoms. The molecule has 6 rings (SSSR count). The number of rotatable bonds is 6. The van der Waals surface area contributed by atoms with Crippen LogP contribution in [0.2, 0.25) is 0 Å². The first-order chi connectivity index (χ1) is 24.1. The SMILES string of the molecule is Cc1cc2cc(c1F)[C@H](CC(=O)O)NC(=O)[C@@H](n1cc(CCN3CC(F)C3)c(C(F)(F)F)cc1=O)c1cc(ccc1F)COc1ccc(F)cc1-2. The molecule has 1 fully saturated rings. The molecule has 1 aromatic heterocycles. The van der Waals surface area contributed by atoms with E-state index in [0.29, 0.717) is 4.57 Å². The number of nitrogens with zero attached hydrogens (tertiary/aromatic N) is 2. The molecule has 8 nitrogen and oxygen atoms in total. The minimum atomic E-state index is -4.99. The second-order valence-electron chi connectivity index (χ2n) is 12.6. The predicted molar refractivity (Wildman–Crippen MR) is 169 cm³/mol. The maximum Gasteiger partial charge on any atom is 0.416 e. The molecule has 2 aliphatic rings. The first-order valence-corrected chi connectivity index (χ1v) is 15.8. The number of aryl methyl sites for hydroxylation is 1. The van der Waals surface area contributed by atoms with Gasteiger partial charge in [0, 0.05) is 48.6 Å². The number of carboxylic acids is 1. The van der Waals surface area contributed by atoms with Crippen LogP contribution in [0.3, 0.4) is 0 Å². The number of amides is 1. The number of ether oxygens (including phenoxy) is 1. The number of aromatic nitrogens is 1. The average molecular weight is 718 g/mol. The molecule has 2 N–H and O–H groups in total. The first-order valence-electron chi connectivity index (χ1n) is 15.8. The van der Waals surface area contributed by atoms with Gasteiger partial charge in [-0.25, -0.2) is 17.6 Å². The van der Waals surface area contributed by atoms with Crippen LogP contribution >= 0.6 is 0 Å². The van der Waals surface area contributed by atoms with E-state index in [1.54, 1.807) is 4.90 Å². The van der Waals surface area contributed by atoms with Crippen LogP contribution in [-0.4, -0.2) is 52.3 Å². The van der Waals surface area contributed by atoms with E-state index in [-0.39, 0.29) is 72.3 Å². The summed E-state index contributed by atoms with van der Waals surface area (Å²) in [5.41, 5.74) is -3.28. The zero-order chi connectivity index (χ0) is 36.8. The normalized spacial score (nSPS) is 18.2. The molecule has 268 valence electrons. The van der Waals surface area contributed by atoms with Gasteiger partial charge in [-0.2, -0.15) is 13.2 Å². The fourth-order valence-corrected chi connectivity index (χ4v) is 6.42. The first kappa shape index (κ1) is 35.6. The van der Waals surface area contributed by atoms with Crippen LogP contribution in [0.5, 0.6) is 5.75 Å². The molecule has 3 aromatic carbocycles. The molecule has 0 aliphatic carbocycles. The van der Waals surface area contributed by atoms with Gasteiger partial charge in [0.15, 0.2) is 0 Å². The number of fused-ring (bicyclic) bond motifs is 6. The number of benzene rings is 3. The molecule has 51 heavy (non-hydrogen) atoms. The van der Waals surface area contributed by atoms with E-state index in [0.717, 1.165) is 30.5 Å². The summed E-state index contributed by atoms with van der Waals surface area (Å²) < 4.78 is 109. The van der Waals surface area contributed by atoms with E-state index >= 15 is 8.78 Å². The number of alkyl halides is 4. The monoisotopic (exact) mass is 717 g/mol. The lowest BCUT2D eigenvalue weighted by Crippen LogP contribution is -2.49. The molecular formula is C36H30F7N3O5. The third-order valence-corrected chi connectivity index (χ3v) is 8.96. The maximum atomic E-state index is 15.8. The number of carbonyl (C=O) groups is 2. The molecular weight excluding hydrogens is 687 g/mol. The third-order valence-electron chi connectivity index (χ3n) is 8.96. The molecule has 1 saturated heterocycles. The number of likely N-dealkylation sites (tertiary alicyclic amines) is 1. The Labute approximate surface area is 286 Å². The van der Waals surface area contributed by atoms with Crippen LogP contribution in [-0.2, 0) is 28.8 Å². The van der Waals surface area contributed by atoms with Crippen LogP contribution in [0.15, 0.2) is 65.6 Å². The van der Waals surface area contributed by atoms with Crippen LogP contribution in [0.25, 0.3) is 11.1 Å². The number of carbonyl (C=O) groups excluding carboxylic acids is 1. The van der Waals surface area contributed by atoms with Crippen molar-refractivity contribution in [2.45, 2.75) is 50.8 Å². The van der Waals surface area contributed by atoms with E-state index in [1.165, 1.54) is 31.2 Å². The topological polar surface area (TPSA) is 101 Å². The Hall–Kier alpha value is -5.18. The van der Waals surface area contributed by atoms with Crippen molar-refractivity contribution in [3.05, 3.63) is 122 Å². The number of aliphatic carboxylic acids is 1. The number of hydrogen-bond donors (Lipinski definition) is 2. The van der Waals surface area contributed by atoms with Gasteiger partial charge in [0.1, 0.15) is 42.0 Å². The number of pyridine rings is 1. The molecule has 1 amide bonds. The van der Waals surface area contributed by atoms with Crippen molar-refractivity contribution in [3.63, 3.8) is 0 Å². The molecule has 2 atom stereocenters. The Kier molecular flexibility index (Phi) is 9.68. The van der Waals surface area contributed by atoms with Crippen molar-refractivity contribution >= 4 is 11.9 Å². The van der Waals surface area contributed by atoms with Crippen LogP contribution in [0, 0.1) is 24.4 Å². The minimum absolute atomic E-state index is 0.00728. The number of hydrogen-bond acceptors (Lipinski definition) is 5. The lowest BCUT2D eigenvalue weighted by molar-refractivity contribution is -0.139.